The van der Waals surface area contributed by atoms with E-state index in [1.165, 1.54) is 4.88 Å². The zero-order valence-corrected chi connectivity index (χ0v) is 17.0. The maximum atomic E-state index is 10.3. The average molecular weight is 404 g/mol. The molecule has 1 heterocycles. The van der Waals surface area contributed by atoms with Crippen LogP contribution in [0.2, 0.25) is 0 Å². The number of nitrogens with zero attached hydrogens (tertiary/aromatic N) is 1. The van der Waals surface area contributed by atoms with Gasteiger partial charge >= 0.3 is 0 Å². The van der Waals surface area contributed by atoms with E-state index < -0.39 is 0 Å². The fraction of sp³-hybridized carbons (Fsp3) is 0.250. The number of phenolic OH excluding ortho intramolecular Hbond substituents is 1. The average Bonchev–Trinajstić information content (AvgIpc) is 3.05. The van der Waals surface area contributed by atoms with Crippen LogP contribution in [0, 0.1) is 3.82 Å². The summed E-state index contributed by atoms with van der Waals surface area (Å²) in [5, 5.41) is 19.5. The molecule has 0 bridgehead atoms. The molecule has 26 heavy (non-hydrogen) atoms. The molecule has 0 spiro atoms. The smallest absolute Gasteiger partial charge is 0.120 e. The lowest BCUT2D eigenvalue weighted by Gasteiger charge is -2.20. The van der Waals surface area contributed by atoms with Gasteiger partial charge in [-0.25, -0.2) is 0 Å². The Labute approximate surface area is 166 Å². The third kappa shape index (κ3) is 4.22. The Hall–Kier alpha value is -1.57. The normalized spacial score (nSPS) is 11.2. The van der Waals surface area contributed by atoms with Crippen molar-refractivity contribution in [3.05, 3.63) is 57.9 Å². The molecule has 1 aromatic heterocycles. The summed E-state index contributed by atoms with van der Waals surface area (Å²) in [5.74, 6) is 0.274. The molecule has 3 rings (SSSR count). The van der Waals surface area contributed by atoms with Crippen molar-refractivity contribution in [1.82, 2.24) is 4.90 Å². The Morgan fingerprint density at radius 3 is 2.50 bits per heavy atom. The monoisotopic (exact) mass is 403 g/mol. The van der Waals surface area contributed by atoms with Gasteiger partial charge in [0.05, 0.1) is 11.5 Å². The molecule has 136 valence electrons. The van der Waals surface area contributed by atoms with Gasteiger partial charge < -0.3 is 10.2 Å². The molecule has 2 N–H and O–H groups in total. The molecule has 0 aliphatic heterocycles. The van der Waals surface area contributed by atoms with Gasteiger partial charge in [0.25, 0.3) is 0 Å². The molecule has 3 aromatic rings. The molecule has 0 fully saturated rings. The molecule has 6 heteroatoms. The van der Waals surface area contributed by atoms with Gasteiger partial charge in [0.2, 0.25) is 0 Å². The Balaban J connectivity index is 2.02. The lowest BCUT2D eigenvalue weighted by atomic mass is 10.0. The van der Waals surface area contributed by atoms with Gasteiger partial charge in [-0.15, -0.1) is 0 Å². The van der Waals surface area contributed by atoms with Crippen LogP contribution < -0.4 is 0 Å². The number of phenols is 1. The van der Waals surface area contributed by atoms with Crippen molar-refractivity contribution in [2.45, 2.75) is 13.5 Å². The van der Waals surface area contributed by atoms with Crippen LogP contribution in [0.5, 0.6) is 5.75 Å². The van der Waals surface area contributed by atoms with Crippen LogP contribution in [0.15, 0.2) is 48.5 Å². The summed E-state index contributed by atoms with van der Waals surface area (Å²) in [7, 11) is 3.30. The molecule has 0 aliphatic rings. The van der Waals surface area contributed by atoms with Crippen molar-refractivity contribution >= 4 is 32.9 Å². The zero-order chi connectivity index (χ0) is 18.5. The number of likely N-dealkylation sites (N-methyl/N-ethyl adjacent to an activating group) is 1. The Morgan fingerprint density at radius 1 is 1.04 bits per heavy atom. The number of aliphatic hydroxyl groups excluding tert-OH is 1. The molecular weight excluding hydrogens is 382 g/mol. The summed E-state index contributed by atoms with van der Waals surface area (Å²) in [6.07, 6.45) is 0. The second-order valence-electron chi connectivity index (χ2n) is 5.96. The lowest BCUT2D eigenvalue weighted by molar-refractivity contribution is 0.195. The molecule has 0 atom stereocenters. The first-order chi connectivity index (χ1) is 12.6. The van der Waals surface area contributed by atoms with Gasteiger partial charge in [0, 0.05) is 24.2 Å². The molecule has 0 radical (unpaired) electrons. The van der Waals surface area contributed by atoms with Crippen molar-refractivity contribution < 1.29 is 10.2 Å². The molecule has 2 aromatic carbocycles. The third-order valence-electron chi connectivity index (χ3n) is 4.29. The highest BCUT2D eigenvalue weighted by Crippen LogP contribution is 2.42. The quantitative estimate of drug-likeness (QED) is 0.410. The van der Waals surface area contributed by atoms with Gasteiger partial charge in [-0.05, 0) is 29.8 Å². The number of rotatable bonds is 7. The standard InChI is InChI=1S/C20H21NO2S3/c1-2-21(10-11-22)13-16-12-15(8-9-17(16)23)18-19(25-26-20(18)24)14-6-4-3-5-7-14/h3-9,12,22-23H,2,10-11,13H2,1H3. The van der Waals surface area contributed by atoms with Gasteiger partial charge in [-0.3, -0.25) is 4.90 Å². The molecule has 0 saturated carbocycles. The number of benzene rings is 2. The number of hydrogen-bond donors (Lipinski definition) is 2. The topological polar surface area (TPSA) is 43.7 Å². The van der Waals surface area contributed by atoms with E-state index in [2.05, 4.69) is 17.0 Å². The highest BCUT2D eigenvalue weighted by molar-refractivity contribution is 7.80. The predicted octanol–water partition coefficient (Wildman–Crippen LogP) is 5.39. The van der Waals surface area contributed by atoms with Crippen molar-refractivity contribution in [2.75, 3.05) is 19.7 Å². The lowest BCUT2D eigenvalue weighted by Crippen LogP contribution is -2.26. The molecule has 0 unspecified atom stereocenters. The summed E-state index contributed by atoms with van der Waals surface area (Å²) in [4.78, 5) is 3.27. The summed E-state index contributed by atoms with van der Waals surface area (Å²) in [6, 6.07) is 15.9. The van der Waals surface area contributed by atoms with Crippen LogP contribution in [0.4, 0.5) is 0 Å². The zero-order valence-electron chi connectivity index (χ0n) is 14.5. The van der Waals surface area contributed by atoms with Crippen molar-refractivity contribution in [2.24, 2.45) is 0 Å². The summed E-state index contributed by atoms with van der Waals surface area (Å²) >= 11 is 5.61. The van der Waals surface area contributed by atoms with Crippen LogP contribution in [0.3, 0.4) is 0 Å². The first-order valence-electron chi connectivity index (χ1n) is 8.48. The van der Waals surface area contributed by atoms with Crippen LogP contribution in [0.1, 0.15) is 12.5 Å². The molecule has 0 aliphatic carbocycles. The number of aliphatic hydroxyl groups is 1. The van der Waals surface area contributed by atoms with Crippen molar-refractivity contribution in [3.63, 3.8) is 0 Å². The van der Waals surface area contributed by atoms with E-state index in [-0.39, 0.29) is 12.4 Å². The Kier molecular flexibility index (Phi) is 6.56. The van der Waals surface area contributed by atoms with E-state index in [9.17, 15) is 10.2 Å². The van der Waals surface area contributed by atoms with Crippen molar-refractivity contribution in [1.29, 1.82) is 0 Å². The highest BCUT2D eigenvalue weighted by atomic mass is 32.9. The second-order valence-corrected chi connectivity index (χ2v) is 8.78. The predicted molar refractivity (Wildman–Crippen MR) is 114 cm³/mol. The SMILES string of the molecule is CCN(CCO)Cc1cc(-c2c(-c3ccccc3)ssc2=S)ccc1O. The highest BCUT2D eigenvalue weighted by Gasteiger charge is 2.15. The summed E-state index contributed by atoms with van der Waals surface area (Å²) in [6.45, 7) is 4.15. The van der Waals surface area contributed by atoms with Crippen LogP contribution in [-0.2, 0) is 6.54 Å². The van der Waals surface area contributed by atoms with Gasteiger partial charge in [-0.2, -0.15) is 0 Å². The fourth-order valence-electron chi connectivity index (χ4n) is 2.89. The summed E-state index contributed by atoms with van der Waals surface area (Å²) in [5.41, 5.74) is 4.10. The fourth-order valence-corrected chi connectivity index (χ4v) is 5.80. The van der Waals surface area contributed by atoms with E-state index in [1.54, 1.807) is 26.7 Å². The Bertz CT molecular complexity index is 918. The first kappa shape index (κ1) is 19.2. The maximum Gasteiger partial charge on any atom is 0.120 e. The minimum atomic E-state index is 0.106. The second kappa shape index (κ2) is 8.88. The van der Waals surface area contributed by atoms with E-state index >= 15 is 0 Å². The molecule has 0 amide bonds. The van der Waals surface area contributed by atoms with Crippen molar-refractivity contribution in [3.8, 4) is 27.3 Å². The third-order valence-corrected chi connectivity index (χ3v) is 7.36. The minimum Gasteiger partial charge on any atom is -0.508 e. The van der Waals surface area contributed by atoms with Gasteiger partial charge in [0.15, 0.2) is 0 Å². The van der Waals surface area contributed by atoms with Crippen LogP contribution in [0.25, 0.3) is 21.6 Å². The first-order valence-corrected chi connectivity index (χ1v) is 11.0. The van der Waals surface area contributed by atoms with E-state index in [1.807, 2.05) is 37.3 Å². The molecule has 3 nitrogen and oxygen atoms in total. The Morgan fingerprint density at radius 2 is 1.81 bits per heavy atom. The van der Waals surface area contributed by atoms with E-state index in [0.29, 0.717) is 13.1 Å². The van der Waals surface area contributed by atoms with Gasteiger partial charge in [0.1, 0.15) is 9.57 Å². The van der Waals surface area contributed by atoms with E-state index in [4.69, 9.17) is 12.2 Å². The van der Waals surface area contributed by atoms with Crippen LogP contribution in [-0.4, -0.2) is 34.8 Å². The van der Waals surface area contributed by atoms with Gasteiger partial charge in [-0.1, -0.05) is 76.2 Å². The minimum absolute atomic E-state index is 0.106. The summed E-state index contributed by atoms with van der Waals surface area (Å²) < 4.78 is 0.869. The van der Waals surface area contributed by atoms with Crippen LogP contribution >= 0.6 is 32.9 Å². The maximum absolute atomic E-state index is 10.3. The number of aromatic hydroxyl groups is 1. The van der Waals surface area contributed by atoms with E-state index in [0.717, 1.165) is 32.6 Å². The molecule has 0 saturated heterocycles. The largest absolute Gasteiger partial charge is 0.508 e. The molecular formula is C20H21NO2S3. The number of hydrogen-bond acceptors (Lipinski definition) is 6.